The summed E-state index contributed by atoms with van der Waals surface area (Å²) in [4.78, 5) is 15.4. The summed E-state index contributed by atoms with van der Waals surface area (Å²) in [6, 6.07) is 1.68. The van der Waals surface area contributed by atoms with Crippen LogP contribution in [0.2, 0.25) is 0 Å². The lowest BCUT2D eigenvalue weighted by Crippen LogP contribution is -2.06. The van der Waals surface area contributed by atoms with E-state index in [2.05, 4.69) is 37.8 Å². The average molecular weight is 317 g/mol. The zero-order valence-electron chi connectivity index (χ0n) is 7.95. The van der Waals surface area contributed by atoms with Crippen molar-refractivity contribution in [2.75, 3.05) is 6.61 Å². The molecule has 78 valence electrons. The van der Waals surface area contributed by atoms with E-state index >= 15 is 0 Å². The summed E-state index contributed by atoms with van der Waals surface area (Å²) in [7, 11) is 0. The smallest absolute Gasteiger partial charge is 0.356 e. The fourth-order valence-corrected chi connectivity index (χ4v) is 1.75. The maximum atomic E-state index is 11.4. The second-order valence-electron chi connectivity index (χ2n) is 2.84. The summed E-state index contributed by atoms with van der Waals surface area (Å²) in [5, 5.41) is 7.72. The minimum absolute atomic E-state index is 0.309. The lowest BCUT2D eigenvalue weighted by molar-refractivity contribution is 0.0520. The van der Waals surface area contributed by atoms with Crippen molar-refractivity contribution in [1.82, 2.24) is 15.2 Å². The Morgan fingerprint density at radius 1 is 1.67 bits per heavy atom. The zero-order chi connectivity index (χ0) is 10.8. The number of aromatic nitrogens is 3. The van der Waals surface area contributed by atoms with Crippen molar-refractivity contribution >= 4 is 39.5 Å². The summed E-state index contributed by atoms with van der Waals surface area (Å²) in [6.07, 6.45) is 1.56. The zero-order valence-corrected chi connectivity index (χ0v) is 10.1. The Balaban J connectivity index is 2.45. The number of nitrogens with zero attached hydrogens (tertiary/aromatic N) is 2. The third kappa shape index (κ3) is 1.94. The lowest BCUT2D eigenvalue weighted by Gasteiger charge is -1.99. The molecule has 0 atom stereocenters. The van der Waals surface area contributed by atoms with Crippen molar-refractivity contribution in [1.29, 1.82) is 0 Å². The van der Waals surface area contributed by atoms with Crippen LogP contribution in [-0.4, -0.2) is 27.8 Å². The quantitative estimate of drug-likeness (QED) is 0.677. The molecule has 2 aromatic rings. The molecule has 2 heterocycles. The second kappa shape index (κ2) is 4.13. The molecule has 0 unspecified atom stereocenters. The maximum absolute atomic E-state index is 11.4. The van der Waals surface area contributed by atoms with Gasteiger partial charge in [0.05, 0.1) is 12.8 Å². The van der Waals surface area contributed by atoms with Crippen molar-refractivity contribution in [3.63, 3.8) is 0 Å². The van der Waals surface area contributed by atoms with Crippen LogP contribution in [0.4, 0.5) is 0 Å². The molecular weight excluding hydrogens is 309 g/mol. The van der Waals surface area contributed by atoms with Gasteiger partial charge in [-0.2, -0.15) is 5.10 Å². The van der Waals surface area contributed by atoms with E-state index in [-0.39, 0.29) is 0 Å². The average Bonchev–Trinajstić information content (AvgIpc) is 2.60. The van der Waals surface area contributed by atoms with E-state index in [4.69, 9.17) is 4.74 Å². The number of hydrogen-bond acceptors (Lipinski definition) is 4. The van der Waals surface area contributed by atoms with Crippen LogP contribution in [-0.2, 0) is 4.74 Å². The number of halogens is 1. The molecular formula is C9H8IN3O2. The molecule has 0 saturated heterocycles. The van der Waals surface area contributed by atoms with Crippen LogP contribution in [0.15, 0.2) is 12.3 Å². The van der Waals surface area contributed by atoms with Gasteiger partial charge in [-0.05, 0) is 35.6 Å². The summed E-state index contributed by atoms with van der Waals surface area (Å²) in [6.45, 7) is 2.11. The van der Waals surface area contributed by atoms with Gasteiger partial charge in [-0.15, -0.1) is 0 Å². The Morgan fingerprint density at radius 3 is 3.20 bits per heavy atom. The standard InChI is InChI=1S/C9H8IN3O2/c1-2-15-9(14)6-3-5-7(4-11-6)12-13-8(5)10/h3-4H,2H2,1H3,(H,12,13). The SMILES string of the molecule is CCOC(=O)c1cc2c(I)[nH]nc2cn1. The summed E-state index contributed by atoms with van der Waals surface area (Å²) in [5.41, 5.74) is 1.05. The van der Waals surface area contributed by atoms with Crippen LogP contribution in [0.1, 0.15) is 17.4 Å². The minimum Gasteiger partial charge on any atom is -0.461 e. The topological polar surface area (TPSA) is 67.9 Å². The van der Waals surface area contributed by atoms with Crippen molar-refractivity contribution in [2.45, 2.75) is 6.92 Å². The van der Waals surface area contributed by atoms with Crippen LogP contribution in [0.5, 0.6) is 0 Å². The van der Waals surface area contributed by atoms with Gasteiger partial charge in [0.2, 0.25) is 0 Å². The van der Waals surface area contributed by atoms with E-state index < -0.39 is 5.97 Å². The normalized spacial score (nSPS) is 10.5. The third-order valence-corrected chi connectivity index (χ3v) is 2.70. The van der Waals surface area contributed by atoms with E-state index in [1.54, 1.807) is 19.2 Å². The molecule has 0 spiro atoms. The van der Waals surface area contributed by atoms with Crippen molar-refractivity contribution in [2.24, 2.45) is 0 Å². The molecule has 1 N–H and O–H groups in total. The van der Waals surface area contributed by atoms with Gasteiger partial charge in [0.1, 0.15) is 14.9 Å². The van der Waals surface area contributed by atoms with Crippen LogP contribution in [0, 0.1) is 3.70 Å². The molecule has 2 aromatic heterocycles. The minimum atomic E-state index is -0.406. The number of rotatable bonds is 2. The largest absolute Gasteiger partial charge is 0.461 e. The highest BCUT2D eigenvalue weighted by Crippen LogP contribution is 2.17. The molecule has 0 aliphatic carbocycles. The van der Waals surface area contributed by atoms with Gasteiger partial charge in [0.15, 0.2) is 0 Å². The van der Waals surface area contributed by atoms with Gasteiger partial charge in [-0.1, -0.05) is 0 Å². The molecule has 0 saturated carbocycles. The molecule has 2 rings (SSSR count). The molecule has 0 aliphatic rings. The number of esters is 1. The number of pyridine rings is 1. The van der Waals surface area contributed by atoms with E-state index in [1.165, 1.54) is 0 Å². The number of carbonyl (C=O) groups is 1. The molecule has 15 heavy (non-hydrogen) atoms. The number of aromatic amines is 1. The molecule has 0 fully saturated rings. The number of fused-ring (bicyclic) bond motifs is 1. The highest BCUT2D eigenvalue weighted by Gasteiger charge is 2.11. The monoisotopic (exact) mass is 317 g/mol. The first-order valence-corrected chi connectivity index (χ1v) is 5.47. The fourth-order valence-electron chi connectivity index (χ4n) is 1.20. The van der Waals surface area contributed by atoms with Gasteiger partial charge in [-0.25, -0.2) is 9.78 Å². The van der Waals surface area contributed by atoms with Crippen LogP contribution < -0.4 is 0 Å². The van der Waals surface area contributed by atoms with E-state index in [9.17, 15) is 4.79 Å². The summed E-state index contributed by atoms with van der Waals surface area (Å²) >= 11 is 2.12. The summed E-state index contributed by atoms with van der Waals surface area (Å²) < 4.78 is 5.74. The van der Waals surface area contributed by atoms with Crippen molar-refractivity contribution < 1.29 is 9.53 Å². The first-order chi connectivity index (χ1) is 7.22. The molecule has 0 aromatic carbocycles. The predicted octanol–water partition coefficient (Wildman–Crippen LogP) is 1.74. The van der Waals surface area contributed by atoms with E-state index in [0.717, 1.165) is 14.6 Å². The molecule has 0 bridgehead atoms. The second-order valence-corrected chi connectivity index (χ2v) is 3.92. The van der Waals surface area contributed by atoms with Gasteiger partial charge in [0.25, 0.3) is 0 Å². The van der Waals surface area contributed by atoms with Crippen molar-refractivity contribution in [3.05, 3.63) is 21.7 Å². The first-order valence-electron chi connectivity index (χ1n) is 4.39. The van der Waals surface area contributed by atoms with E-state index in [1.807, 2.05) is 0 Å². The molecule has 0 amide bonds. The Labute approximate surface area is 99.4 Å². The Kier molecular flexibility index (Phi) is 2.85. The maximum Gasteiger partial charge on any atom is 0.356 e. The molecule has 5 nitrogen and oxygen atoms in total. The Bertz CT molecular complexity index is 509. The molecule has 0 aliphatic heterocycles. The van der Waals surface area contributed by atoms with E-state index in [0.29, 0.717) is 12.3 Å². The van der Waals surface area contributed by atoms with Gasteiger partial charge >= 0.3 is 5.97 Å². The molecule has 6 heteroatoms. The lowest BCUT2D eigenvalue weighted by atomic mass is 10.3. The Morgan fingerprint density at radius 2 is 2.47 bits per heavy atom. The van der Waals surface area contributed by atoms with Crippen LogP contribution in [0.3, 0.4) is 0 Å². The van der Waals surface area contributed by atoms with Gasteiger partial charge in [0, 0.05) is 5.39 Å². The summed E-state index contributed by atoms with van der Waals surface area (Å²) in [5.74, 6) is -0.406. The molecule has 0 radical (unpaired) electrons. The van der Waals surface area contributed by atoms with Crippen molar-refractivity contribution in [3.8, 4) is 0 Å². The van der Waals surface area contributed by atoms with Gasteiger partial charge < -0.3 is 4.74 Å². The predicted molar refractivity (Wildman–Crippen MR) is 62.6 cm³/mol. The highest BCUT2D eigenvalue weighted by molar-refractivity contribution is 14.1. The number of carbonyl (C=O) groups excluding carboxylic acids is 1. The first kappa shape index (κ1) is 10.3. The number of ether oxygens (including phenoxy) is 1. The number of H-pyrrole nitrogens is 1. The third-order valence-electron chi connectivity index (χ3n) is 1.88. The Hall–Kier alpha value is -1.18. The van der Waals surface area contributed by atoms with Crippen LogP contribution >= 0.6 is 22.6 Å². The number of hydrogen-bond donors (Lipinski definition) is 1. The van der Waals surface area contributed by atoms with Gasteiger partial charge in [-0.3, -0.25) is 5.10 Å². The highest BCUT2D eigenvalue weighted by atomic mass is 127. The fraction of sp³-hybridized carbons (Fsp3) is 0.222. The number of nitrogens with one attached hydrogen (secondary N) is 1. The van der Waals surface area contributed by atoms with Crippen LogP contribution in [0.25, 0.3) is 10.9 Å².